The van der Waals surface area contributed by atoms with Crippen LogP contribution in [0.3, 0.4) is 0 Å². The number of carbonyl (C=O) groups is 2. The molecule has 118 valence electrons. The zero-order valence-corrected chi connectivity index (χ0v) is 13.3. The highest BCUT2D eigenvalue weighted by molar-refractivity contribution is 6.66. The number of carbonyl (C=O) groups excluding carboxylic acids is 1. The van der Waals surface area contributed by atoms with Crippen molar-refractivity contribution in [2.45, 2.75) is 6.42 Å². The molecule has 0 aliphatic carbocycles. The van der Waals surface area contributed by atoms with E-state index in [9.17, 15) is 9.59 Å². The van der Waals surface area contributed by atoms with Crippen molar-refractivity contribution in [3.8, 4) is 0 Å². The Kier molecular flexibility index (Phi) is 9.22. The number of hydrogen-bond donors (Lipinski definition) is 1. The normalized spacial score (nSPS) is 12.4. The van der Waals surface area contributed by atoms with Gasteiger partial charge in [-0.05, 0) is 18.2 Å². The van der Waals surface area contributed by atoms with Crippen LogP contribution < -0.4 is 0 Å². The van der Waals surface area contributed by atoms with Crippen molar-refractivity contribution in [1.29, 1.82) is 0 Å². The molecule has 0 rings (SSSR count). The molecule has 0 fully saturated rings. The number of esters is 1. The van der Waals surface area contributed by atoms with Gasteiger partial charge in [-0.2, -0.15) is 0 Å². The van der Waals surface area contributed by atoms with E-state index in [1.165, 1.54) is 33.5 Å². The molecule has 0 aliphatic heterocycles. The largest absolute Gasteiger partial charge is 0.528 e. The fraction of sp³-hybridized carbons (Fsp3) is 0.385. The van der Waals surface area contributed by atoms with Crippen molar-refractivity contribution in [3.63, 3.8) is 0 Å². The Balaban J connectivity index is 4.60. The van der Waals surface area contributed by atoms with Gasteiger partial charge in [0.05, 0.1) is 0 Å². The van der Waals surface area contributed by atoms with Crippen LogP contribution >= 0.6 is 0 Å². The minimum atomic E-state index is -2.85. The van der Waals surface area contributed by atoms with Crippen LogP contribution in [0.25, 0.3) is 0 Å². The molecule has 0 bridgehead atoms. The van der Waals surface area contributed by atoms with E-state index in [4.69, 9.17) is 23.1 Å². The molecule has 0 amide bonds. The Morgan fingerprint density at radius 1 is 1.19 bits per heavy atom. The summed E-state index contributed by atoms with van der Waals surface area (Å²) in [6.07, 6.45) is 3.85. The van der Waals surface area contributed by atoms with Gasteiger partial charge in [-0.25, -0.2) is 9.59 Å². The molecule has 0 saturated heterocycles. The van der Waals surface area contributed by atoms with Gasteiger partial charge in [0.15, 0.2) is 0 Å². The number of carboxylic acids is 1. The van der Waals surface area contributed by atoms with E-state index in [0.717, 1.165) is 6.08 Å². The minimum absolute atomic E-state index is 0.0135. The van der Waals surface area contributed by atoms with Crippen LogP contribution in [-0.4, -0.2) is 53.8 Å². The predicted octanol–water partition coefficient (Wildman–Crippen LogP) is 1.09. The highest BCUT2D eigenvalue weighted by Crippen LogP contribution is 2.08. The van der Waals surface area contributed by atoms with Crippen molar-refractivity contribution in [2.75, 3.05) is 27.9 Å². The van der Waals surface area contributed by atoms with E-state index < -0.39 is 20.7 Å². The molecule has 0 aromatic rings. The van der Waals surface area contributed by atoms with E-state index in [1.54, 1.807) is 5.70 Å². The summed E-state index contributed by atoms with van der Waals surface area (Å²) >= 11 is 0. The highest BCUT2D eigenvalue weighted by atomic mass is 28.4. The molecular weight excluding hydrogens is 296 g/mol. The van der Waals surface area contributed by atoms with Crippen molar-refractivity contribution >= 4 is 20.7 Å². The van der Waals surface area contributed by atoms with E-state index in [0.29, 0.717) is 0 Å². The average molecular weight is 316 g/mol. The molecule has 8 heteroatoms. The summed E-state index contributed by atoms with van der Waals surface area (Å²) in [7, 11) is 1.50. The van der Waals surface area contributed by atoms with Gasteiger partial charge in [-0.15, -0.1) is 6.58 Å². The topological polar surface area (TPSA) is 91.3 Å². The SMILES string of the molecule is C=CCC(=CC(=O)O)C(=O)OCC=C[Si](OC)(OC)OC. The molecule has 0 saturated carbocycles. The van der Waals surface area contributed by atoms with Gasteiger partial charge in [0.25, 0.3) is 0 Å². The lowest BCUT2D eigenvalue weighted by molar-refractivity contribution is -0.139. The van der Waals surface area contributed by atoms with E-state index in [-0.39, 0.29) is 18.6 Å². The molecule has 0 radical (unpaired) electrons. The minimum Gasteiger partial charge on any atom is -0.478 e. The lowest BCUT2D eigenvalue weighted by Gasteiger charge is -2.20. The molecule has 0 spiro atoms. The molecule has 21 heavy (non-hydrogen) atoms. The number of allylic oxidation sites excluding steroid dienone is 1. The lowest BCUT2D eigenvalue weighted by atomic mass is 10.2. The van der Waals surface area contributed by atoms with Gasteiger partial charge in [0, 0.05) is 33.0 Å². The summed E-state index contributed by atoms with van der Waals surface area (Å²) in [5.41, 5.74) is 1.58. The summed E-state index contributed by atoms with van der Waals surface area (Å²) in [5, 5.41) is 8.66. The van der Waals surface area contributed by atoms with E-state index in [2.05, 4.69) is 6.58 Å². The van der Waals surface area contributed by atoms with Gasteiger partial charge in [0.1, 0.15) is 6.61 Å². The number of ether oxygens (including phenoxy) is 1. The molecule has 1 N–H and O–H groups in total. The first kappa shape index (κ1) is 19.3. The van der Waals surface area contributed by atoms with Crippen LogP contribution in [0.1, 0.15) is 6.42 Å². The number of carboxylic acid groups (broad SMARTS) is 1. The number of rotatable bonds is 10. The van der Waals surface area contributed by atoms with E-state index in [1.807, 2.05) is 0 Å². The molecule has 0 atom stereocenters. The molecule has 0 unspecified atom stereocenters. The Labute approximate surface area is 124 Å². The number of hydrogen-bond acceptors (Lipinski definition) is 6. The molecular formula is C13H20O7Si. The molecule has 7 nitrogen and oxygen atoms in total. The highest BCUT2D eigenvalue weighted by Gasteiger charge is 2.34. The third-order valence-corrected chi connectivity index (χ3v) is 4.76. The monoisotopic (exact) mass is 316 g/mol. The van der Waals surface area contributed by atoms with Gasteiger partial charge in [-0.3, -0.25) is 0 Å². The quantitative estimate of drug-likeness (QED) is 0.279. The zero-order valence-electron chi connectivity index (χ0n) is 12.3. The third kappa shape index (κ3) is 7.00. The van der Waals surface area contributed by atoms with Crippen LogP contribution in [0.15, 0.2) is 36.1 Å². The van der Waals surface area contributed by atoms with Crippen LogP contribution in [0.5, 0.6) is 0 Å². The Bertz CT molecular complexity index is 416. The first-order valence-electron chi connectivity index (χ1n) is 5.99. The Morgan fingerprint density at radius 2 is 1.76 bits per heavy atom. The van der Waals surface area contributed by atoms with Gasteiger partial charge < -0.3 is 23.1 Å². The zero-order chi connectivity index (χ0) is 16.3. The maximum absolute atomic E-state index is 11.7. The predicted molar refractivity (Wildman–Crippen MR) is 77.4 cm³/mol. The standard InChI is InChI=1S/C13H20O7Si/c1-5-7-11(10-12(14)15)13(16)20-8-6-9-21(17-2,18-3)19-4/h5-6,9-10H,1,7-8H2,2-4H3,(H,14,15). The van der Waals surface area contributed by atoms with Crippen molar-refractivity contribution in [1.82, 2.24) is 0 Å². The fourth-order valence-corrected chi connectivity index (χ4v) is 2.66. The molecule has 0 heterocycles. The van der Waals surface area contributed by atoms with E-state index >= 15 is 0 Å². The summed E-state index contributed by atoms with van der Waals surface area (Å²) < 4.78 is 20.4. The Morgan fingerprint density at radius 3 is 2.19 bits per heavy atom. The van der Waals surface area contributed by atoms with Crippen molar-refractivity contribution < 1.29 is 32.7 Å². The van der Waals surface area contributed by atoms with Gasteiger partial charge in [-0.1, -0.05) is 6.08 Å². The maximum atomic E-state index is 11.7. The van der Waals surface area contributed by atoms with Gasteiger partial charge in [0.2, 0.25) is 0 Å². The first-order chi connectivity index (χ1) is 9.94. The van der Waals surface area contributed by atoms with Crippen molar-refractivity contribution in [3.05, 3.63) is 36.1 Å². The summed E-state index contributed by atoms with van der Waals surface area (Å²) in [5.74, 6) is -1.94. The Hall–Kier alpha value is -1.74. The lowest BCUT2D eigenvalue weighted by Crippen LogP contribution is -2.41. The first-order valence-corrected chi connectivity index (χ1v) is 7.79. The maximum Gasteiger partial charge on any atom is 0.528 e. The van der Waals surface area contributed by atoms with Crippen LogP contribution in [-0.2, 0) is 27.6 Å². The summed E-state index contributed by atoms with van der Waals surface area (Å²) in [6, 6.07) is 0. The fourth-order valence-electron chi connectivity index (χ4n) is 1.37. The second-order valence-electron chi connectivity index (χ2n) is 3.72. The van der Waals surface area contributed by atoms with Gasteiger partial charge >= 0.3 is 20.7 Å². The smallest absolute Gasteiger partial charge is 0.478 e. The molecule has 0 aliphatic rings. The van der Waals surface area contributed by atoms with Crippen LogP contribution in [0, 0.1) is 0 Å². The summed E-state index contributed by atoms with van der Waals surface area (Å²) in [6.45, 7) is 3.39. The second-order valence-corrected chi connectivity index (χ2v) is 6.48. The second kappa shape index (κ2) is 10.1. The number of aliphatic carboxylic acids is 1. The van der Waals surface area contributed by atoms with Crippen LogP contribution in [0.2, 0.25) is 0 Å². The molecule has 0 aromatic heterocycles. The summed E-state index contributed by atoms with van der Waals surface area (Å²) in [4.78, 5) is 22.3. The van der Waals surface area contributed by atoms with Crippen molar-refractivity contribution in [2.24, 2.45) is 0 Å². The van der Waals surface area contributed by atoms with Crippen LogP contribution in [0.4, 0.5) is 0 Å². The average Bonchev–Trinajstić information content (AvgIpc) is 2.47. The molecule has 0 aromatic carbocycles. The third-order valence-electron chi connectivity index (χ3n) is 2.41.